The molecule has 0 aliphatic rings. The zero-order valence-corrected chi connectivity index (χ0v) is 9.60. The van der Waals surface area contributed by atoms with Gasteiger partial charge in [-0.15, -0.1) is 11.3 Å². The van der Waals surface area contributed by atoms with E-state index in [1.807, 2.05) is 11.4 Å². The zero-order chi connectivity index (χ0) is 10.7. The van der Waals surface area contributed by atoms with Crippen molar-refractivity contribution in [1.29, 1.82) is 0 Å². The van der Waals surface area contributed by atoms with Crippen LogP contribution in [0.5, 0.6) is 0 Å². The molecule has 1 rings (SSSR count). The molecule has 0 bridgehead atoms. The number of likely N-dealkylation sites (N-methyl/N-ethyl adjacent to an activating group) is 1. The van der Waals surface area contributed by atoms with Crippen LogP contribution in [0.2, 0.25) is 5.02 Å². The Balaban J connectivity index is 2.56. The van der Waals surface area contributed by atoms with Crippen LogP contribution >= 0.6 is 22.9 Å². The Morgan fingerprint density at radius 1 is 1.79 bits per heavy atom. The first-order valence-corrected chi connectivity index (χ1v) is 5.42. The van der Waals surface area contributed by atoms with Gasteiger partial charge in [-0.25, -0.2) is 0 Å². The van der Waals surface area contributed by atoms with E-state index in [0.29, 0.717) is 11.6 Å². The van der Waals surface area contributed by atoms with Crippen molar-refractivity contribution in [1.82, 2.24) is 4.90 Å². The second-order valence-corrected chi connectivity index (χ2v) is 4.59. The number of carboxylic acids is 1. The lowest BCUT2D eigenvalue weighted by Crippen LogP contribution is -2.34. The maximum absolute atomic E-state index is 10.7. The average Bonchev–Trinajstić information content (AvgIpc) is 2.49. The van der Waals surface area contributed by atoms with E-state index in [4.69, 9.17) is 16.7 Å². The number of halogens is 1. The highest BCUT2D eigenvalue weighted by Gasteiger charge is 2.16. The van der Waals surface area contributed by atoms with Crippen molar-refractivity contribution in [3.8, 4) is 0 Å². The summed E-state index contributed by atoms with van der Waals surface area (Å²) in [7, 11) is 1.78. The summed E-state index contributed by atoms with van der Waals surface area (Å²) in [5.74, 6) is -0.810. The standard InChI is InChI=1S/C9H12ClNO2S/c1-6(9(12)13)11(2)4-8-3-7(10)5-14-8/h3,5-6H,4H2,1-2H3,(H,12,13). The molecule has 0 spiro atoms. The summed E-state index contributed by atoms with van der Waals surface area (Å²) >= 11 is 7.30. The fourth-order valence-electron chi connectivity index (χ4n) is 1.01. The predicted octanol–water partition coefficient (Wildman–Crippen LogP) is 2.31. The van der Waals surface area contributed by atoms with Gasteiger partial charge in [0.15, 0.2) is 0 Å². The first-order chi connectivity index (χ1) is 6.50. The molecule has 0 amide bonds. The molecule has 0 aliphatic carbocycles. The number of thiophene rings is 1. The van der Waals surface area contributed by atoms with Gasteiger partial charge in [-0.2, -0.15) is 0 Å². The summed E-state index contributed by atoms with van der Waals surface area (Å²) in [4.78, 5) is 13.5. The second kappa shape index (κ2) is 4.77. The Kier molecular flexibility index (Phi) is 3.92. The van der Waals surface area contributed by atoms with Gasteiger partial charge < -0.3 is 5.11 Å². The molecule has 1 N–H and O–H groups in total. The number of hydrogen-bond donors (Lipinski definition) is 1. The van der Waals surface area contributed by atoms with E-state index in [2.05, 4.69) is 0 Å². The molecule has 78 valence electrons. The van der Waals surface area contributed by atoms with E-state index in [-0.39, 0.29) is 0 Å². The van der Waals surface area contributed by atoms with Crippen LogP contribution in [0.1, 0.15) is 11.8 Å². The van der Waals surface area contributed by atoms with Crippen LogP contribution in [0.4, 0.5) is 0 Å². The van der Waals surface area contributed by atoms with Gasteiger partial charge in [0.25, 0.3) is 0 Å². The molecule has 1 unspecified atom stereocenters. The Morgan fingerprint density at radius 3 is 2.86 bits per heavy atom. The third-order valence-electron chi connectivity index (χ3n) is 2.05. The minimum Gasteiger partial charge on any atom is -0.480 e. The maximum Gasteiger partial charge on any atom is 0.320 e. The number of hydrogen-bond acceptors (Lipinski definition) is 3. The topological polar surface area (TPSA) is 40.5 Å². The highest BCUT2D eigenvalue weighted by Crippen LogP contribution is 2.20. The molecule has 1 aromatic rings. The largest absolute Gasteiger partial charge is 0.480 e. The van der Waals surface area contributed by atoms with Crippen molar-refractivity contribution in [2.24, 2.45) is 0 Å². The molecule has 1 atom stereocenters. The normalized spacial score (nSPS) is 13.1. The molecule has 0 saturated carbocycles. The molecule has 1 heterocycles. The van der Waals surface area contributed by atoms with E-state index < -0.39 is 12.0 Å². The highest BCUT2D eigenvalue weighted by atomic mass is 35.5. The van der Waals surface area contributed by atoms with Gasteiger partial charge in [-0.1, -0.05) is 11.6 Å². The second-order valence-electron chi connectivity index (χ2n) is 3.16. The van der Waals surface area contributed by atoms with Crippen LogP contribution in [-0.2, 0) is 11.3 Å². The van der Waals surface area contributed by atoms with Crippen LogP contribution in [0.25, 0.3) is 0 Å². The van der Waals surface area contributed by atoms with E-state index in [9.17, 15) is 4.79 Å². The van der Waals surface area contributed by atoms with Crippen LogP contribution in [0, 0.1) is 0 Å². The summed E-state index contributed by atoms with van der Waals surface area (Å²) in [6.45, 7) is 2.28. The Morgan fingerprint density at radius 2 is 2.43 bits per heavy atom. The van der Waals surface area contributed by atoms with Crippen molar-refractivity contribution in [3.63, 3.8) is 0 Å². The lowest BCUT2D eigenvalue weighted by molar-refractivity contribution is -0.142. The smallest absolute Gasteiger partial charge is 0.320 e. The third kappa shape index (κ3) is 2.97. The number of carbonyl (C=O) groups is 1. The Bertz CT molecular complexity index is 326. The van der Waals surface area contributed by atoms with Crippen LogP contribution in [-0.4, -0.2) is 29.1 Å². The molecular formula is C9H12ClNO2S. The van der Waals surface area contributed by atoms with Crippen LogP contribution in [0.15, 0.2) is 11.4 Å². The highest BCUT2D eigenvalue weighted by molar-refractivity contribution is 7.10. The first kappa shape index (κ1) is 11.5. The molecule has 3 nitrogen and oxygen atoms in total. The number of nitrogens with zero attached hydrogens (tertiary/aromatic N) is 1. The number of carboxylic acid groups (broad SMARTS) is 1. The van der Waals surface area contributed by atoms with Gasteiger partial charge >= 0.3 is 5.97 Å². The molecule has 14 heavy (non-hydrogen) atoms. The average molecular weight is 234 g/mol. The molecule has 0 aromatic carbocycles. The first-order valence-electron chi connectivity index (χ1n) is 4.16. The van der Waals surface area contributed by atoms with Gasteiger partial charge in [-0.3, -0.25) is 9.69 Å². The summed E-state index contributed by atoms with van der Waals surface area (Å²) in [5.41, 5.74) is 0. The SMILES string of the molecule is CC(C(=O)O)N(C)Cc1cc(Cl)cs1. The lowest BCUT2D eigenvalue weighted by Gasteiger charge is -2.19. The Labute approximate surface area is 91.9 Å². The minimum absolute atomic E-state index is 0.476. The van der Waals surface area contributed by atoms with Gasteiger partial charge in [0.1, 0.15) is 6.04 Å². The molecular weight excluding hydrogens is 222 g/mol. The summed E-state index contributed by atoms with van der Waals surface area (Å²) in [5, 5.41) is 11.3. The third-order valence-corrected chi connectivity index (χ3v) is 3.31. The van der Waals surface area contributed by atoms with Gasteiger partial charge in [-0.05, 0) is 20.0 Å². The van der Waals surface area contributed by atoms with E-state index in [0.717, 1.165) is 4.88 Å². The molecule has 0 aliphatic heterocycles. The van der Waals surface area contributed by atoms with Crippen molar-refractivity contribution in [2.45, 2.75) is 19.5 Å². The molecule has 0 radical (unpaired) electrons. The minimum atomic E-state index is -0.810. The van der Waals surface area contributed by atoms with Crippen LogP contribution < -0.4 is 0 Å². The van der Waals surface area contributed by atoms with Crippen molar-refractivity contribution in [2.75, 3.05) is 7.05 Å². The molecule has 0 saturated heterocycles. The van der Waals surface area contributed by atoms with E-state index in [1.54, 1.807) is 30.2 Å². The summed E-state index contributed by atoms with van der Waals surface area (Å²) < 4.78 is 0. The van der Waals surface area contributed by atoms with Gasteiger partial charge in [0.05, 0.1) is 5.02 Å². The van der Waals surface area contributed by atoms with Crippen molar-refractivity contribution in [3.05, 3.63) is 21.3 Å². The van der Waals surface area contributed by atoms with Gasteiger partial charge in [0.2, 0.25) is 0 Å². The number of aliphatic carboxylic acids is 1. The van der Waals surface area contributed by atoms with Crippen molar-refractivity contribution < 1.29 is 9.90 Å². The fourth-order valence-corrected chi connectivity index (χ4v) is 2.14. The van der Waals surface area contributed by atoms with E-state index >= 15 is 0 Å². The molecule has 1 aromatic heterocycles. The quantitative estimate of drug-likeness (QED) is 0.868. The molecule has 0 fully saturated rings. The van der Waals surface area contributed by atoms with Gasteiger partial charge in [0, 0.05) is 16.8 Å². The fraction of sp³-hybridized carbons (Fsp3) is 0.444. The Hall–Kier alpha value is -0.580. The van der Waals surface area contributed by atoms with E-state index in [1.165, 1.54) is 0 Å². The maximum atomic E-state index is 10.7. The predicted molar refractivity (Wildman–Crippen MR) is 57.9 cm³/mol. The molecule has 5 heteroatoms. The summed E-state index contributed by atoms with van der Waals surface area (Å²) in [6.07, 6.45) is 0. The van der Waals surface area contributed by atoms with Crippen molar-refractivity contribution >= 4 is 28.9 Å². The lowest BCUT2D eigenvalue weighted by atomic mass is 10.3. The van der Waals surface area contributed by atoms with Crippen LogP contribution in [0.3, 0.4) is 0 Å². The summed E-state index contributed by atoms with van der Waals surface area (Å²) in [6, 6.07) is 1.38. The number of rotatable bonds is 4. The zero-order valence-electron chi connectivity index (χ0n) is 8.03. The monoisotopic (exact) mass is 233 g/mol.